The van der Waals surface area contributed by atoms with Crippen LogP contribution in [0.4, 0.5) is 0 Å². The van der Waals surface area contributed by atoms with Crippen LogP contribution >= 0.6 is 0 Å². The normalized spacial score (nSPS) is 16.6. The molecule has 0 aliphatic carbocycles. The first kappa shape index (κ1) is 22.5. The Morgan fingerprint density at radius 2 is 1.41 bits per heavy atom. The van der Waals surface area contributed by atoms with Gasteiger partial charge in [-0.2, -0.15) is 0 Å². The lowest BCUT2D eigenvalue weighted by molar-refractivity contribution is -0.0222. The van der Waals surface area contributed by atoms with Crippen LogP contribution in [-0.2, 0) is 5.60 Å². The van der Waals surface area contributed by atoms with Crippen LogP contribution in [0.3, 0.4) is 0 Å². The molecule has 4 rings (SSSR count). The van der Waals surface area contributed by atoms with E-state index in [2.05, 4.69) is 4.90 Å². The predicted octanol–water partition coefficient (Wildman–Crippen LogP) is 4.38. The van der Waals surface area contributed by atoms with E-state index in [0.29, 0.717) is 6.54 Å². The maximum absolute atomic E-state index is 12.0. The Morgan fingerprint density at radius 1 is 0.875 bits per heavy atom. The van der Waals surface area contributed by atoms with Gasteiger partial charge in [0, 0.05) is 6.54 Å². The standard InChI is InChI=1S/C28H33NO3/c1-22-12-14-27(15-13-22)32-21-26(30)20-29-18-16-25(17-19-29)28(31,23-8-4-2-5-9-23)24-10-6-3-7-11-24/h2-15,25-26,30-31H,16-21H2,1H3/t26-/m1/s1. The maximum atomic E-state index is 12.0. The number of β-amino-alcohol motifs (C(OH)–C–C–N with tert-alkyl or cyclic N) is 1. The molecule has 1 fully saturated rings. The Hall–Kier alpha value is -2.66. The fourth-order valence-corrected chi connectivity index (χ4v) is 4.73. The molecule has 4 nitrogen and oxygen atoms in total. The smallest absolute Gasteiger partial charge is 0.119 e. The molecule has 0 unspecified atom stereocenters. The first-order valence-electron chi connectivity index (χ1n) is 11.5. The molecule has 32 heavy (non-hydrogen) atoms. The van der Waals surface area contributed by atoms with Gasteiger partial charge in [0.25, 0.3) is 0 Å². The van der Waals surface area contributed by atoms with Gasteiger partial charge < -0.3 is 19.8 Å². The Kier molecular flexibility index (Phi) is 7.26. The minimum Gasteiger partial charge on any atom is -0.491 e. The van der Waals surface area contributed by atoms with E-state index in [1.54, 1.807) is 0 Å². The summed E-state index contributed by atoms with van der Waals surface area (Å²) in [7, 11) is 0. The fourth-order valence-electron chi connectivity index (χ4n) is 4.73. The van der Waals surface area contributed by atoms with Gasteiger partial charge in [0.1, 0.15) is 24.1 Å². The van der Waals surface area contributed by atoms with Crippen molar-refractivity contribution in [1.82, 2.24) is 4.90 Å². The third kappa shape index (κ3) is 5.21. The highest BCUT2D eigenvalue weighted by Gasteiger charge is 2.41. The lowest BCUT2D eigenvalue weighted by Crippen LogP contribution is -2.46. The van der Waals surface area contributed by atoms with Crippen molar-refractivity contribution in [3.8, 4) is 5.75 Å². The second-order valence-corrected chi connectivity index (χ2v) is 8.85. The zero-order chi connectivity index (χ0) is 22.4. The molecule has 0 radical (unpaired) electrons. The molecule has 0 aromatic heterocycles. The summed E-state index contributed by atoms with van der Waals surface area (Å²) in [5.41, 5.74) is 2.06. The molecule has 3 aromatic rings. The number of aliphatic hydroxyl groups is 2. The summed E-state index contributed by atoms with van der Waals surface area (Å²) in [5, 5.41) is 22.5. The van der Waals surface area contributed by atoms with Crippen LogP contribution < -0.4 is 4.74 Å². The summed E-state index contributed by atoms with van der Waals surface area (Å²) in [6, 6.07) is 27.9. The molecule has 1 aliphatic rings. The quantitative estimate of drug-likeness (QED) is 0.556. The number of ether oxygens (including phenoxy) is 1. The van der Waals surface area contributed by atoms with Crippen LogP contribution in [0.15, 0.2) is 84.9 Å². The molecule has 0 spiro atoms. The highest BCUT2D eigenvalue weighted by Crippen LogP contribution is 2.41. The number of hydrogen-bond acceptors (Lipinski definition) is 4. The molecule has 0 bridgehead atoms. The van der Waals surface area contributed by atoms with E-state index in [4.69, 9.17) is 4.74 Å². The summed E-state index contributed by atoms with van der Waals surface area (Å²) >= 11 is 0. The van der Waals surface area contributed by atoms with E-state index >= 15 is 0 Å². The van der Waals surface area contributed by atoms with Crippen LogP contribution in [0, 0.1) is 12.8 Å². The van der Waals surface area contributed by atoms with E-state index in [1.807, 2.05) is 91.9 Å². The van der Waals surface area contributed by atoms with Crippen LogP contribution in [0.2, 0.25) is 0 Å². The second kappa shape index (κ2) is 10.3. The Morgan fingerprint density at radius 3 is 1.94 bits per heavy atom. The minimum atomic E-state index is -1.01. The average Bonchev–Trinajstić information content (AvgIpc) is 2.85. The number of hydrogen-bond donors (Lipinski definition) is 2. The summed E-state index contributed by atoms with van der Waals surface area (Å²) in [6.07, 6.45) is 1.19. The third-order valence-electron chi connectivity index (χ3n) is 6.54. The molecule has 3 aromatic carbocycles. The molecule has 0 amide bonds. The molecule has 1 aliphatic heterocycles. The van der Waals surface area contributed by atoms with Gasteiger partial charge in [0.05, 0.1) is 0 Å². The second-order valence-electron chi connectivity index (χ2n) is 8.85. The highest BCUT2D eigenvalue weighted by molar-refractivity contribution is 5.37. The van der Waals surface area contributed by atoms with Crippen molar-refractivity contribution in [2.24, 2.45) is 5.92 Å². The predicted molar refractivity (Wildman–Crippen MR) is 128 cm³/mol. The molecular formula is C28H33NO3. The van der Waals surface area contributed by atoms with E-state index in [-0.39, 0.29) is 12.5 Å². The maximum Gasteiger partial charge on any atom is 0.119 e. The number of nitrogens with zero attached hydrogens (tertiary/aromatic N) is 1. The van der Waals surface area contributed by atoms with Gasteiger partial charge >= 0.3 is 0 Å². The zero-order valence-electron chi connectivity index (χ0n) is 18.7. The molecule has 1 heterocycles. The Balaban J connectivity index is 1.36. The fraction of sp³-hybridized carbons (Fsp3) is 0.357. The van der Waals surface area contributed by atoms with Gasteiger partial charge in [-0.05, 0) is 62.0 Å². The summed E-state index contributed by atoms with van der Waals surface area (Å²) < 4.78 is 5.74. The molecular weight excluding hydrogens is 398 g/mol. The monoisotopic (exact) mass is 431 g/mol. The molecule has 1 atom stereocenters. The number of rotatable bonds is 8. The van der Waals surface area contributed by atoms with Crippen LogP contribution in [0.25, 0.3) is 0 Å². The van der Waals surface area contributed by atoms with Gasteiger partial charge in [0.2, 0.25) is 0 Å². The Bertz CT molecular complexity index is 911. The van der Waals surface area contributed by atoms with E-state index in [0.717, 1.165) is 42.8 Å². The van der Waals surface area contributed by atoms with Crippen molar-refractivity contribution in [3.05, 3.63) is 102 Å². The minimum absolute atomic E-state index is 0.115. The van der Waals surface area contributed by atoms with Gasteiger partial charge in [-0.25, -0.2) is 0 Å². The highest BCUT2D eigenvalue weighted by atomic mass is 16.5. The van der Waals surface area contributed by atoms with Crippen molar-refractivity contribution < 1.29 is 14.9 Å². The van der Waals surface area contributed by atoms with E-state index in [1.165, 1.54) is 5.56 Å². The Labute approximate surface area is 191 Å². The van der Waals surface area contributed by atoms with Crippen molar-refractivity contribution in [3.63, 3.8) is 0 Å². The number of aliphatic hydroxyl groups excluding tert-OH is 1. The number of piperidine rings is 1. The SMILES string of the molecule is Cc1ccc(OC[C@H](O)CN2CCC(C(O)(c3ccccc3)c3ccccc3)CC2)cc1. The average molecular weight is 432 g/mol. The number of likely N-dealkylation sites (tertiary alicyclic amines) is 1. The van der Waals surface area contributed by atoms with Crippen LogP contribution in [-0.4, -0.2) is 47.5 Å². The van der Waals surface area contributed by atoms with E-state index in [9.17, 15) is 10.2 Å². The van der Waals surface area contributed by atoms with Crippen molar-refractivity contribution in [2.45, 2.75) is 31.5 Å². The molecule has 168 valence electrons. The first-order valence-corrected chi connectivity index (χ1v) is 11.5. The first-order chi connectivity index (χ1) is 15.6. The van der Waals surface area contributed by atoms with Gasteiger partial charge in [0.15, 0.2) is 0 Å². The van der Waals surface area contributed by atoms with Crippen LogP contribution in [0.1, 0.15) is 29.5 Å². The number of aryl methyl sites for hydroxylation is 1. The molecule has 4 heteroatoms. The third-order valence-corrected chi connectivity index (χ3v) is 6.54. The van der Waals surface area contributed by atoms with Gasteiger partial charge in [-0.15, -0.1) is 0 Å². The summed E-state index contributed by atoms with van der Waals surface area (Å²) in [6.45, 7) is 4.58. The van der Waals surface area contributed by atoms with Crippen LogP contribution in [0.5, 0.6) is 5.75 Å². The number of benzene rings is 3. The topological polar surface area (TPSA) is 52.9 Å². The van der Waals surface area contributed by atoms with Crippen molar-refractivity contribution >= 4 is 0 Å². The van der Waals surface area contributed by atoms with Gasteiger partial charge in [-0.3, -0.25) is 0 Å². The molecule has 1 saturated heterocycles. The van der Waals surface area contributed by atoms with E-state index < -0.39 is 11.7 Å². The zero-order valence-corrected chi connectivity index (χ0v) is 18.7. The summed E-state index contributed by atoms with van der Waals surface area (Å²) in [5.74, 6) is 0.897. The molecule has 0 saturated carbocycles. The summed E-state index contributed by atoms with van der Waals surface area (Å²) in [4.78, 5) is 2.27. The lowest BCUT2D eigenvalue weighted by Gasteiger charge is -2.42. The van der Waals surface area contributed by atoms with Gasteiger partial charge in [-0.1, -0.05) is 78.4 Å². The lowest BCUT2D eigenvalue weighted by atomic mass is 9.72. The molecule has 2 N–H and O–H groups in total. The van der Waals surface area contributed by atoms with Crippen molar-refractivity contribution in [1.29, 1.82) is 0 Å². The largest absolute Gasteiger partial charge is 0.491 e. The van der Waals surface area contributed by atoms with Crippen molar-refractivity contribution in [2.75, 3.05) is 26.2 Å².